The minimum absolute atomic E-state index is 0.0181. The third kappa shape index (κ3) is 4.04. The van der Waals surface area contributed by atoms with E-state index >= 15 is 0 Å². The normalized spacial score (nSPS) is 11.1. The van der Waals surface area contributed by atoms with Crippen LogP contribution in [0.5, 0.6) is 0 Å². The third-order valence-corrected chi connectivity index (χ3v) is 5.56. The predicted molar refractivity (Wildman–Crippen MR) is 124 cm³/mol. The molecular formula is C28H25NO. The zero-order chi connectivity index (χ0) is 20.8. The number of amides is 1. The van der Waals surface area contributed by atoms with Crippen molar-refractivity contribution >= 4 is 11.6 Å². The van der Waals surface area contributed by atoms with E-state index in [-0.39, 0.29) is 5.91 Å². The molecule has 2 heteroatoms. The van der Waals surface area contributed by atoms with Crippen LogP contribution in [0.2, 0.25) is 0 Å². The summed E-state index contributed by atoms with van der Waals surface area (Å²) in [6.07, 6.45) is 0.304. The summed E-state index contributed by atoms with van der Waals surface area (Å²) in [5.74, 6) is -0.0181. The van der Waals surface area contributed by atoms with Crippen LogP contribution in [-0.2, 0) is 10.2 Å². The first-order chi connectivity index (χ1) is 14.7. The fourth-order valence-corrected chi connectivity index (χ4v) is 4.06. The average molecular weight is 392 g/mol. The molecular weight excluding hydrogens is 366 g/mol. The minimum Gasteiger partial charge on any atom is -0.326 e. The molecule has 4 rings (SSSR count). The molecule has 2 nitrogen and oxygen atoms in total. The van der Waals surface area contributed by atoms with E-state index in [4.69, 9.17) is 0 Å². The van der Waals surface area contributed by atoms with Gasteiger partial charge >= 0.3 is 0 Å². The Bertz CT molecular complexity index is 991. The fourth-order valence-electron chi connectivity index (χ4n) is 4.06. The second kappa shape index (κ2) is 8.79. The summed E-state index contributed by atoms with van der Waals surface area (Å²) in [5, 5.41) is 3.09. The molecule has 0 saturated heterocycles. The van der Waals surface area contributed by atoms with Crippen LogP contribution in [0.25, 0.3) is 0 Å². The molecule has 0 saturated carbocycles. The van der Waals surface area contributed by atoms with Crippen molar-refractivity contribution in [3.8, 4) is 0 Å². The molecule has 1 N–H and O–H groups in total. The smallest absolute Gasteiger partial charge is 0.225 e. The molecule has 1 amide bonds. The Morgan fingerprint density at radius 2 is 1.03 bits per heavy atom. The van der Waals surface area contributed by atoms with Gasteiger partial charge in [-0.3, -0.25) is 4.79 Å². The van der Waals surface area contributed by atoms with Crippen LogP contribution in [0.4, 0.5) is 5.69 Å². The standard InChI is InChI=1S/C28H25NO/c1-22-17-19-26(20-18-22)29-27(30)21-28(23-11-5-2-6-12-23,24-13-7-3-8-14-24)25-15-9-4-10-16-25/h2-20H,21H2,1H3,(H,29,30). The van der Waals surface area contributed by atoms with Crippen molar-refractivity contribution in [2.24, 2.45) is 0 Å². The van der Waals surface area contributed by atoms with Crippen LogP contribution < -0.4 is 5.32 Å². The SMILES string of the molecule is Cc1ccc(NC(=O)CC(c2ccccc2)(c2ccccc2)c2ccccc2)cc1. The Hall–Kier alpha value is -3.65. The van der Waals surface area contributed by atoms with Crippen molar-refractivity contribution < 1.29 is 4.79 Å². The van der Waals surface area contributed by atoms with E-state index in [9.17, 15) is 4.79 Å². The topological polar surface area (TPSA) is 29.1 Å². The monoisotopic (exact) mass is 391 g/mol. The molecule has 30 heavy (non-hydrogen) atoms. The predicted octanol–water partition coefficient (Wildman–Crippen LogP) is 6.36. The molecule has 4 aromatic carbocycles. The van der Waals surface area contributed by atoms with E-state index < -0.39 is 5.41 Å². The Morgan fingerprint density at radius 1 is 0.633 bits per heavy atom. The Labute approximate surface area is 178 Å². The molecule has 0 aliphatic rings. The lowest BCUT2D eigenvalue weighted by Crippen LogP contribution is -2.34. The highest BCUT2D eigenvalue weighted by atomic mass is 16.1. The van der Waals surface area contributed by atoms with E-state index in [1.807, 2.05) is 85.8 Å². The van der Waals surface area contributed by atoms with Crippen molar-refractivity contribution in [3.63, 3.8) is 0 Å². The summed E-state index contributed by atoms with van der Waals surface area (Å²) < 4.78 is 0. The van der Waals surface area contributed by atoms with Gasteiger partial charge in [-0.1, -0.05) is 109 Å². The summed E-state index contributed by atoms with van der Waals surface area (Å²) in [6.45, 7) is 2.04. The summed E-state index contributed by atoms with van der Waals surface area (Å²) in [7, 11) is 0. The van der Waals surface area contributed by atoms with E-state index in [0.29, 0.717) is 6.42 Å². The van der Waals surface area contributed by atoms with E-state index in [1.54, 1.807) is 0 Å². The lowest BCUT2D eigenvalue weighted by Gasteiger charge is -2.35. The van der Waals surface area contributed by atoms with Gasteiger partial charge in [0.25, 0.3) is 0 Å². The fraction of sp³-hybridized carbons (Fsp3) is 0.107. The number of carbonyl (C=O) groups excluding carboxylic acids is 1. The molecule has 0 aromatic heterocycles. The quantitative estimate of drug-likeness (QED) is 0.381. The largest absolute Gasteiger partial charge is 0.326 e. The number of hydrogen-bond donors (Lipinski definition) is 1. The van der Waals surface area contributed by atoms with E-state index in [0.717, 1.165) is 22.4 Å². The first-order valence-electron chi connectivity index (χ1n) is 10.2. The molecule has 0 bridgehead atoms. The molecule has 4 aromatic rings. The highest BCUT2D eigenvalue weighted by molar-refractivity contribution is 5.92. The second-order valence-corrected chi connectivity index (χ2v) is 7.59. The van der Waals surface area contributed by atoms with Crippen LogP contribution in [0.1, 0.15) is 28.7 Å². The van der Waals surface area contributed by atoms with Gasteiger partial charge < -0.3 is 5.32 Å². The third-order valence-electron chi connectivity index (χ3n) is 5.56. The van der Waals surface area contributed by atoms with Crippen LogP contribution in [0.15, 0.2) is 115 Å². The van der Waals surface area contributed by atoms with Crippen molar-refractivity contribution in [3.05, 3.63) is 138 Å². The Balaban J connectivity index is 1.82. The van der Waals surface area contributed by atoms with Gasteiger partial charge in [0.2, 0.25) is 5.91 Å². The van der Waals surface area contributed by atoms with Crippen molar-refractivity contribution in [1.82, 2.24) is 0 Å². The summed E-state index contributed by atoms with van der Waals surface area (Å²) in [6, 6.07) is 38.8. The maximum atomic E-state index is 13.3. The number of anilines is 1. The minimum atomic E-state index is -0.585. The zero-order valence-electron chi connectivity index (χ0n) is 17.1. The first-order valence-corrected chi connectivity index (χ1v) is 10.2. The molecule has 0 spiro atoms. The van der Waals surface area contributed by atoms with Gasteiger partial charge in [0.05, 0.1) is 5.41 Å². The number of rotatable bonds is 6. The molecule has 0 fully saturated rings. The number of carbonyl (C=O) groups is 1. The molecule has 0 aliphatic carbocycles. The van der Waals surface area contributed by atoms with Gasteiger partial charge in [-0.25, -0.2) is 0 Å². The van der Waals surface area contributed by atoms with E-state index in [2.05, 4.69) is 41.7 Å². The zero-order valence-corrected chi connectivity index (χ0v) is 17.1. The van der Waals surface area contributed by atoms with Crippen LogP contribution in [-0.4, -0.2) is 5.91 Å². The maximum Gasteiger partial charge on any atom is 0.225 e. The summed E-state index contributed by atoms with van der Waals surface area (Å²) >= 11 is 0. The molecule has 148 valence electrons. The maximum absolute atomic E-state index is 13.3. The lowest BCUT2D eigenvalue weighted by atomic mass is 9.67. The van der Waals surface area contributed by atoms with Crippen molar-refractivity contribution in [2.75, 3.05) is 5.32 Å². The second-order valence-electron chi connectivity index (χ2n) is 7.59. The van der Waals surface area contributed by atoms with Crippen LogP contribution in [0.3, 0.4) is 0 Å². The van der Waals surface area contributed by atoms with Crippen molar-refractivity contribution in [1.29, 1.82) is 0 Å². The molecule has 0 radical (unpaired) electrons. The van der Waals surface area contributed by atoms with Crippen molar-refractivity contribution in [2.45, 2.75) is 18.8 Å². The summed E-state index contributed by atoms with van der Waals surface area (Å²) in [4.78, 5) is 13.3. The lowest BCUT2D eigenvalue weighted by molar-refractivity contribution is -0.116. The van der Waals surface area contributed by atoms with Gasteiger partial charge in [0, 0.05) is 12.1 Å². The Kier molecular flexibility index (Phi) is 5.76. The number of aryl methyl sites for hydroxylation is 1. The van der Waals surface area contributed by atoms with Gasteiger partial charge in [-0.05, 0) is 35.7 Å². The number of hydrogen-bond acceptors (Lipinski definition) is 1. The highest BCUT2D eigenvalue weighted by Gasteiger charge is 2.38. The first kappa shape index (κ1) is 19.7. The van der Waals surface area contributed by atoms with E-state index in [1.165, 1.54) is 5.56 Å². The van der Waals surface area contributed by atoms with Crippen LogP contribution >= 0.6 is 0 Å². The van der Waals surface area contributed by atoms with Gasteiger partial charge in [-0.15, -0.1) is 0 Å². The molecule has 0 atom stereocenters. The van der Waals surface area contributed by atoms with Gasteiger partial charge in [-0.2, -0.15) is 0 Å². The van der Waals surface area contributed by atoms with Crippen LogP contribution in [0, 0.1) is 6.92 Å². The average Bonchev–Trinajstić information content (AvgIpc) is 2.81. The number of benzene rings is 4. The van der Waals surface area contributed by atoms with Gasteiger partial charge in [0.1, 0.15) is 0 Å². The molecule has 0 heterocycles. The highest BCUT2D eigenvalue weighted by Crippen LogP contribution is 2.42. The molecule has 0 aliphatic heterocycles. The molecule has 0 unspecified atom stereocenters. The summed E-state index contributed by atoms with van der Waals surface area (Å²) in [5.41, 5.74) is 4.69. The van der Waals surface area contributed by atoms with Gasteiger partial charge in [0.15, 0.2) is 0 Å². The number of nitrogens with one attached hydrogen (secondary N) is 1. The Morgan fingerprint density at radius 3 is 1.43 bits per heavy atom.